The molecule has 1 aliphatic rings. The van der Waals surface area contributed by atoms with Gasteiger partial charge < -0.3 is 4.90 Å². The van der Waals surface area contributed by atoms with E-state index in [1.165, 1.54) is 0 Å². The van der Waals surface area contributed by atoms with Crippen LogP contribution in [0, 0.1) is 0 Å². The average molecular weight is 359 g/mol. The minimum atomic E-state index is -3.50. The topological polar surface area (TPSA) is 52.6 Å². The van der Waals surface area contributed by atoms with Crippen LogP contribution in [0.2, 0.25) is 0 Å². The quantitative estimate of drug-likeness (QED) is 0.857. The SMILES string of the molecule is CN1CCN([C@H](CNS(=O)(=O)c2ccccc2)c2ccccc2)CC1. The van der Waals surface area contributed by atoms with E-state index in [0.29, 0.717) is 11.4 Å². The molecule has 0 spiro atoms. The summed E-state index contributed by atoms with van der Waals surface area (Å²) in [6.45, 7) is 4.22. The lowest BCUT2D eigenvalue weighted by Crippen LogP contribution is -2.48. The number of hydrogen-bond acceptors (Lipinski definition) is 4. The zero-order valence-corrected chi connectivity index (χ0v) is 15.3. The second kappa shape index (κ2) is 8.10. The molecule has 0 aliphatic carbocycles. The third-order valence-corrected chi connectivity index (χ3v) is 6.12. The van der Waals surface area contributed by atoms with Gasteiger partial charge in [0.2, 0.25) is 10.0 Å². The van der Waals surface area contributed by atoms with Crippen molar-refractivity contribution in [3.63, 3.8) is 0 Å². The summed E-state index contributed by atoms with van der Waals surface area (Å²) in [6.07, 6.45) is 0. The van der Waals surface area contributed by atoms with Gasteiger partial charge in [0.15, 0.2) is 0 Å². The van der Waals surface area contributed by atoms with Crippen LogP contribution in [0.25, 0.3) is 0 Å². The number of nitrogens with zero attached hydrogens (tertiary/aromatic N) is 2. The van der Waals surface area contributed by atoms with Gasteiger partial charge in [0.25, 0.3) is 0 Å². The predicted octanol–water partition coefficient (Wildman–Crippen LogP) is 1.95. The summed E-state index contributed by atoms with van der Waals surface area (Å²) in [6, 6.07) is 18.7. The van der Waals surface area contributed by atoms with Gasteiger partial charge in [-0.15, -0.1) is 0 Å². The number of nitrogens with one attached hydrogen (secondary N) is 1. The van der Waals surface area contributed by atoms with Gasteiger partial charge in [-0.2, -0.15) is 0 Å². The van der Waals surface area contributed by atoms with Gasteiger partial charge in [0, 0.05) is 38.8 Å². The van der Waals surface area contributed by atoms with E-state index in [1.807, 2.05) is 24.3 Å². The molecule has 1 N–H and O–H groups in total. The molecule has 2 aromatic carbocycles. The summed E-state index contributed by atoms with van der Waals surface area (Å²) in [5.41, 5.74) is 1.14. The molecule has 1 atom stereocenters. The Balaban J connectivity index is 1.76. The van der Waals surface area contributed by atoms with Crippen molar-refractivity contribution in [1.29, 1.82) is 0 Å². The van der Waals surface area contributed by atoms with Crippen molar-refractivity contribution in [2.24, 2.45) is 0 Å². The molecule has 0 amide bonds. The van der Waals surface area contributed by atoms with E-state index in [1.54, 1.807) is 24.3 Å². The van der Waals surface area contributed by atoms with Crippen LogP contribution >= 0.6 is 0 Å². The average Bonchev–Trinajstić information content (AvgIpc) is 2.65. The van der Waals surface area contributed by atoms with E-state index >= 15 is 0 Å². The van der Waals surface area contributed by atoms with Crippen molar-refractivity contribution >= 4 is 10.0 Å². The fourth-order valence-corrected chi connectivity index (χ4v) is 4.20. The van der Waals surface area contributed by atoms with Gasteiger partial charge in [-0.25, -0.2) is 13.1 Å². The molecule has 1 heterocycles. The largest absolute Gasteiger partial charge is 0.304 e. The first kappa shape index (κ1) is 18.1. The van der Waals surface area contributed by atoms with Crippen LogP contribution in [0.4, 0.5) is 0 Å². The van der Waals surface area contributed by atoms with Gasteiger partial charge in [-0.05, 0) is 24.7 Å². The molecular formula is C19H25N3O2S. The molecule has 25 heavy (non-hydrogen) atoms. The molecule has 0 radical (unpaired) electrons. The van der Waals surface area contributed by atoms with Gasteiger partial charge in [0.05, 0.1) is 4.90 Å². The zero-order valence-electron chi connectivity index (χ0n) is 14.5. The highest BCUT2D eigenvalue weighted by molar-refractivity contribution is 7.89. The normalized spacial score (nSPS) is 18.1. The van der Waals surface area contributed by atoms with E-state index in [0.717, 1.165) is 31.7 Å². The molecule has 1 aliphatic heterocycles. The maximum Gasteiger partial charge on any atom is 0.240 e. The highest BCUT2D eigenvalue weighted by Gasteiger charge is 2.25. The Hall–Kier alpha value is -1.73. The lowest BCUT2D eigenvalue weighted by molar-refractivity contribution is 0.113. The van der Waals surface area contributed by atoms with Crippen LogP contribution in [-0.2, 0) is 10.0 Å². The summed E-state index contributed by atoms with van der Waals surface area (Å²) in [7, 11) is -1.38. The summed E-state index contributed by atoms with van der Waals surface area (Å²) >= 11 is 0. The molecule has 0 bridgehead atoms. The molecule has 5 nitrogen and oxygen atoms in total. The molecule has 2 aromatic rings. The molecule has 1 saturated heterocycles. The smallest absolute Gasteiger partial charge is 0.240 e. The molecule has 1 fully saturated rings. The minimum Gasteiger partial charge on any atom is -0.304 e. The third-order valence-electron chi connectivity index (χ3n) is 4.68. The number of rotatable bonds is 6. The second-order valence-electron chi connectivity index (χ2n) is 6.43. The number of hydrogen-bond donors (Lipinski definition) is 1. The minimum absolute atomic E-state index is 0.0355. The summed E-state index contributed by atoms with van der Waals surface area (Å²) in [5.74, 6) is 0. The monoisotopic (exact) mass is 359 g/mol. The van der Waals surface area contributed by atoms with Crippen molar-refractivity contribution in [1.82, 2.24) is 14.5 Å². The first-order chi connectivity index (χ1) is 12.1. The van der Waals surface area contributed by atoms with Crippen LogP contribution in [0.15, 0.2) is 65.6 Å². The molecule has 3 rings (SSSR count). The van der Waals surface area contributed by atoms with Crippen molar-refractivity contribution in [2.75, 3.05) is 39.8 Å². The molecule has 0 saturated carbocycles. The van der Waals surface area contributed by atoms with Crippen molar-refractivity contribution < 1.29 is 8.42 Å². The Morgan fingerprint density at radius 1 is 0.920 bits per heavy atom. The Bertz CT molecular complexity index is 758. The Kier molecular flexibility index (Phi) is 5.86. The highest BCUT2D eigenvalue weighted by atomic mass is 32.2. The highest BCUT2D eigenvalue weighted by Crippen LogP contribution is 2.22. The van der Waals surface area contributed by atoms with Gasteiger partial charge in [0.1, 0.15) is 0 Å². The number of sulfonamides is 1. The lowest BCUT2D eigenvalue weighted by atomic mass is 10.0. The molecule has 0 aromatic heterocycles. The second-order valence-corrected chi connectivity index (χ2v) is 8.20. The van der Waals surface area contributed by atoms with Crippen molar-refractivity contribution in [2.45, 2.75) is 10.9 Å². The molecule has 6 heteroatoms. The van der Waals surface area contributed by atoms with Crippen molar-refractivity contribution in [3.8, 4) is 0 Å². The van der Waals surface area contributed by atoms with Crippen LogP contribution in [-0.4, -0.2) is 58.0 Å². The maximum atomic E-state index is 12.6. The number of benzene rings is 2. The third kappa shape index (κ3) is 4.67. The molecule has 134 valence electrons. The van der Waals surface area contributed by atoms with E-state index in [-0.39, 0.29) is 6.04 Å². The summed E-state index contributed by atoms with van der Waals surface area (Å²) < 4.78 is 27.9. The Morgan fingerprint density at radius 3 is 2.08 bits per heavy atom. The van der Waals surface area contributed by atoms with E-state index in [2.05, 4.69) is 33.7 Å². The van der Waals surface area contributed by atoms with Crippen molar-refractivity contribution in [3.05, 3.63) is 66.2 Å². The Morgan fingerprint density at radius 2 is 1.48 bits per heavy atom. The van der Waals surface area contributed by atoms with E-state index in [9.17, 15) is 8.42 Å². The van der Waals surface area contributed by atoms with Gasteiger partial charge in [-0.3, -0.25) is 4.90 Å². The van der Waals surface area contributed by atoms with Crippen LogP contribution in [0.1, 0.15) is 11.6 Å². The Labute approximate surface area is 150 Å². The van der Waals surface area contributed by atoms with Crippen LogP contribution < -0.4 is 4.72 Å². The van der Waals surface area contributed by atoms with E-state index in [4.69, 9.17) is 0 Å². The maximum absolute atomic E-state index is 12.6. The molecule has 0 unspecified atom stereocenters. The zero-order chi connectivity index (χ0) is 17.7. The first-order valence-electron chi connectivity index (χ1n) is 8.58. The van der Waals surface area contributed by atoms with E-state index < -0.39 is 10.0 Å². The summed E-state index contributed by atoms with van der Waals surface area (Å²) in [5, 5.41) is 0. The number of likely N-dealkylation sites (N-methyl/N-ethyl adjacent to an activating group) is 1. The fourth-order valence-electron chi connectivity index (χ4n) is 3.14. The fraction of sp³-hybridized carbons (Fsp3) is 0.368. The predicted molar refractivity (Wildman–Crippen MR) is 99.9 cm³/mol. The lowest BCUT2D eigenvalue weighted by Gasteiger charge is -2.38. The van der Waals surface area contributed by atoms with Crippen LogP contribution in [0.5, 0.6) is 0 Å². The van der Waals surface area contributed by atoms with Gasteiger partial charge >= 0.3 is 0 Å². The molecular weight excluding hydrogens is 334 g/mol. The summed E-state index contributed by atoms with van der Waals surface area (Å²) in [4.78, 5) is 4.97. The standard InChI is InChI=1S/C19H25N3O2S/c1-21-12-14-22(15-13-21)19(17-8-4-2-5-9-17)16-20-25(23,24)18-10-6-3-7-11-18/h2-11,19-20H,12-16H2,1H3/t19-/m1/s1. The van der Waals surface area contributed by atoms with Crippen LogP contribution in [0.3, 0.4) is 0 Å². The number of piperazine rings is 1. The first-order valence-corrected chi connectivity index (χ1v) is 10.1. The van der Waals surface area contributed by atoms with Gasteiger partial charge in [-0.1, -0.05) is 48.5 Å².